The van der Waals surface area contributed by atoms with Crippen molar-refractivity contribution in [2.75, 3.05) is 0 Å². The number of aryl methyl sites for hydroxylation is 1. The number of aromatic nitrogens is 4. The minimum atomic E-state index is -4.92. The van der Waals surface area contributed by atoms with Crippen molar-refractivity contribution < 1.29 is 52.1 Å². The van der Waals surface area contributed by atoms with E-state index in [2.05, 4.69) is 37.1 Å². The van der Waals surface area contributed by atoms with Gasteiger partial charge in [-0.1, -0.05) is 43.6 Å². The van der Waals surface area contributed by atoms with Crippen LogP contribution in [0.1, 0.15) is 55.1 Å². The van der Waals surface area contributed by atoms with Crippen molar-refractivity contribution in [1.82, 2.24) is 19.3 Å². The molecule has 0 saturated carbocycles. The summed E-state index contributed by atoms with van der Waals surface area (Å²) >= 11 is 0. The first-order chi connectivity index (χ1) is 24.2. The standard InChI is InChI=1S/C40H34F6N4O.Pt/c1-23(2)19-26-17-18-47-36(20-26)49-34-14-6-5-11-30(34)31-16-15-29(22-35(31)49)51-28-10-7-9-27(21-28)50-25(4)37(24(3)48-50)38-32(39(41,42)43)12-8-13-33(38)40(44,45)46;/h5-7,9-12,14-18,20,23,33,38H,8,13,19H2,1-4H3;/q-2;+2/t33-,38?;/m0./s1. The molecule has 1 aliphatic carbocycles. The van der Waals surface area contributed by atoms with Crippen molar-refractivity contribution in [3.05, 3.63) is 119 Å². The molecule has 0 radical (unpaired) electrons. The van der Waals surface area contributed by atoms with E-state index in [-0.39, 0.29) is 50.2 Å². The molecule has 0 aliphatic heterocycles. The molecule has 0 fully saturated rings. The molecule has 0 bridgehead atoms. The van der Waals surface area contributed by atoms with Crippen LogP contribution in [0.4, 0.5) is 26.3 Å². The Balaban J connectivity index is 0.00000464. The number of alkyl halides is 6. The maximum Gasteiger partial charge on any atom is 2.00 e. The quantitative estimate of drug-likeness (QED) is 0.0911. The van der Waals surface area contributed by atoms with Crippen molar-refractivity contribution in [2.45, 2.75) is 65.2 Å². The molecule has 3 heterocycles. The van der Waals surface area contributed by atoms with Crippen LogP contribution in [0, 0.1) is 37.8 Å². The summed E-state index contributed by atoms with van der Waals surface area (Å²) in [6.07, 6.45) is -6.91. The van der Waals surface area contributed by atoms with Gasteiger partial charge in [0.25, 0.3) is 0 Å². The molecule has 7 rings (SSSR count). The Morgan fingerprint density at radius 3 is 2.38 bits per heavy atom. The van der Waals surface area contributed by atoms with Crippen LogP contribution in [0.15, 0.2) is 84.6 Å². The fourth-order valence-corrected chi connectivity index (χ4v) is 7.36. The molecular weight excluding hydrogens is 862 g/mol. The zero-order valence-electron chi connectivity index (χ0n) is 28.6. The minimum absolute atomic E-state index is 0. The first-order valence-electron chi connectivity index (χ1n) is 16.7. The zero-order valence-corrected chi connectivity index (χ0v) is 30.9. The normalized spacial score (nSPS) is 16.7. The number of halogens is 6. The van der Waals surface area contributed by atoms with E-state index in [9.17, 15) is 26.3 Å². The Hall–Kier alpha value is -4.37. The molecule has 52 heavy (non-hydrogen) atoms. The molecule has 6 aromatic rings. The second-order valence-corrected chi connectivity index (χ2v) is 13.4. The smallest absolute Gasteiger partial charge is 0.509 e. The third-order valence-electron chi connectivity index (χ3n) is 9.43. The summed E-state index contributed by atoms with van der Waals surface area (Å²) in [6.45, 7) is 7.25. The molecule has 3 aromatic heterocycles. The first kappa shape index (κ1) is 37.4. The van der Waals surface area contributed by atoms with E-state index in [1.807, 2.05) is 41.0 Å². The van der Waals surface area contributed by atoms with Crippen molar-refractivity contribution in [2.24, 2.45) is 11.8 Å². The number of allylic oxidation sites excluding steroid dienone is 2. The van der Waals surface area contributed by atoms with Gasteiger partial charge >= 0.3 is 33.4 Å². The average Bonchev–Trinajstić information content (AvgIpc) is 3.56. The Morgan fingerprint density at radius 1 is 0.904 bits per heavy atom. The Morgan fingerprint density at radius 2 is 1.65 bits per heavy atom. The number of hydrogen-bond donors (Lipinski definition) is 0. The van der Waals surface area contributed by atoms with Crippen molar-refractivity contribution in [1.29, 1.82) is 0 Å². The van der Waals surface area contributed by atoms with E-state index in [4.69, 9.17) is 9.72 Å². The van der Waals surface area contributed by atoms with Crippen LogP contribution in [0.3, 0.4) is 0 Å². The van der Waals surface area contributed by atoms with Crippen molar-refractivity contribution >= 4 is 21.8 Å². The Labute approximate surface area is 311 Å². The van der Waals surface area contributed by atoms with Gasteiger partial charge in [0.15, 0.2) is 0 Å². The van der Waals surface area contributed by atoms with Crippen molar-refractivity contribution in [3.63, 3.8) is 0 Å². The van der Waals surface area contributed by atoms with E-state index >= 15 is 0 Å². The maximum atomic E-state index is 14.2. The predicted octanol–water partition coefficient (Wildman–Crippen LogP) is 11.1. The predicted molar refractivity (Wildman–Crippen MR) is 184 cm³/mol. The van der Waals surface area contributed by atoms with Gasteiger partial charge in [0.1, 0.15) is 5.82 Å². The summed E-state index contributed by atoms with van der Waals surface area (Å²) in [6, 6.07) is 27.3. The molecule has 0 amide bonds. The number of nitrogens with zero attached hydrogens (tertiary/aromatic N) is 4. The molecule has 0 N–H and O–H groups in total. The van der Waals surface area contributed by atoms with E-state index in [1.165, 1.54) is 18.5 Å². The largest absolute Gasteiger partial charge is 2.00 e. The first-order valence-corrected chi connectivity index (χ1v) is 16.7. The van der Waals surface area contributed by atoms with E-state index in [0.29, 0.717) is 17.4 Å². The fourth-order valence-electron chi connectivity index (χ4n) is 7.36. The van der Waals surface area contributed by atoms with Gasteiger partial charge in [0.2, 0.25) is 0 Å². The topological polar surface area (TPSA) is 44.9 Å². The number of fused-ring (bicyclic) bond motifs is 3. The van der Waals surface area contributed by atoms with E-state index in [0.717, 1.165) is 45.7 Å². The van der Waals surface area contributed by atoms with Gasteiger partial charge < -0.3 is 9.30 Å². The molecule has 5 nitrogen and oxygen atoms in total. The van der Waals surface area contributed by atoms with Gasteiger partial charge in [-0.2, -0.15) is 43.6 Å². The molecule has 272 valence electrons. The Kier molecular flexibility index (Phi) is 10.2. The SMILES string of the molecule is Cc1nn(-c2[c-]c(Oc3[c-]c4c(cc3)c3ccccc3n4-c3cc(CC(C)C)ccn3)ccc2)c(C)c1C1C(C(F)(F)F)=CCC[C@@H]1C(F)(F)F.[Pt+2]. The molecular formula is C40H34F6N4OPt. The van der Waals surface area contributed by atoms with Crippen LogP contribution in [0.5, 0.6) is 11.5 Å². The van der Waals surface area contributed by atoms with Crippen LogP contribution in [0.2, 0.25) is 0 Å². The monoisotopic (exact) mass is 895 g/mol. The minimum Gasteiger partial charge on any atom is -0.509 e. The molecule has 12 heteroatoms. The fraction of sp³-hybridized carbons (Fsp3) is 0.300. The molecule has 3 aromatic carbocycles. The van der Waals surface area contributed by atoms with Gasteiger partial charge in [-0.15, -0.1) is 35.7 Å². The number of pyridine rings is 1. The number of rotatable bonds is 7. The Bertz CT molecular complexity index is 2280. The van der Waals surface area contributed by atoms with Crippen LogP contribution < -0.4 is 4.74 Å². The number of hydrogen-bond acceptors (Lipinski definition) is 3. The molecule has 1 unspecified atom stereocenters. The van der Waals surface area contributed by atoms with E-state index < -0.39 is 36.2 Å². The van der Waals surface area contributed by atoms with Gasteiger partial charge in [0, 0.05) is 46.0 Å². The van der Waals surface area contributed by atoms with Gasteiger partial charge in [0.05, 0.1) is 11.6 Å². The number of benzene rings is 3. The van der Waals surface area contributed by atoms with Gasteiger partial charge in [-0.3, -0.25) is 4.68 Å². The second kappa shape index (κ2) is 14.2. The summed E-state index contributed by atoms with van der Waals surface area (Å²) in [5.41, 5.74) is 2.16. The van der Waals surface area contributed by atoms with Crippen LogP contribution >= 0.6 is 0 Å². The summed E-state index contributed by atoms with van der Waals surface area (Å²) in [5, 5.41) is 6.40. The maximum absolute atomic E-state index is 14.2. The van der Waals surface area contributed by atoms with Gasteiger partial charge in [-0.05, 0) is 73.9 Å². The summed E-state index contributed by atoms with van der Waals surface area (Å²) in [5.74, 6) is -2.27. The zero-order chi connectivity index (χ0) is 36.2. The third-order valence-corrected chi connectivity index (χ3v) is 9.43. The molecule has 1 aliphatic rings. The van der Waals surface area contributed by atoms with Crippen molar-refractivity contribution in [3.8, 4) is 23.0 Å². The summed E-state index contributed by atoms with van der Waals surface area (Å²) in [7, 11) is 0. The second-order valence-electron chi connectivity index (χ2n) is 13.4. The number of ether oxygens (including phenoxy) is 1. The van der Waals surface area contributed by atoms with Gasteiger partial charge in [-0.25, -0.2) is 4.98 Å². The van der Waals surface area contributed by atoms with E-state index in [1.54, 1.807) is 30.5 Å². The molecule has 0 saturated heterocycles. The van der Waals surface area contributed by atoms with Crippen LogP contribution in [0.25, 0.3) is 33.3 Å². The number of para-hydroxylation sites is 1. The average molecular weight is 896 g/mol. The summed E-state index contributed by atoms with van der Waals surface area (Å²) < 4.78 is 94.6. The molecule has 0 spiro atoms. The molecule has 2 atom stereocenters. The third kappa shape index (κ3) is 7.04. The van der Waals surface area contributed by atoms with Crippen LogP contribution in [-0.2, 0) is 27.5 Å². The summed E-state index contributed by atoms with van der Waals surface area (Å²) in [4.78, 5) is 4.69. The van der Waals surface area contributed by atoms with Crippen LogP contribution in [-0.4, -0.2) is 31.7 Å².